The summed E-state index contributed by atoms with van der Waals surface area (Å²) in [6.45, 7) is 5.38. The summed E-state index contributed by atoms with van der Waals surface area (Å²) in [7, 11) is -3.91. The Morgan fingerprint density at radius 2 is 1.82 bits per heavy atom. The number of allylic oxidation sites excluding steroid dienone is 1. The number of amides is 6. The Labute approximate surface area is 297 Å². The molecule has 2 saturated carbocycles. The lowest BCUT2D eigenvalue weighted by molar-refractivity contribution is -0.141. The molecule has 0 spiro atoms. The standard InChI is InChI=1S/C35H47FN6O8S/c1-34(2,3)39-32(46)37-27-13-8-6-4-5-7-11-22-17-35(22,31(45)40-51(48,49)24-14-15-24)38-29(43)28-16-23(19-42(28)30(27)44)50-33(47)41-18-21-10-9-12-26(36)25(21)20-41/h7,9-12,22-24,27-28H,4-6,8,13-20H2,1-3H3,(H,38,43)(H,40,45)(H2,37,39,46)/b11-7-/t22-,23-,27+,28+,35-/m1/s1. The number of carbonyl (C=O) groups is 5. The van der Waals surface area contributed by atoms with Crippen molar-refractivity contribution in [1.29, 1.82) is 0 Å². The van der Waals surface area contributed by atoms with Crippen LogP contribution in [0.3, 0.4) is 0 Å². The van der Waals surface area contributed by atoms with Crippen LogP contribution in [-0.2, 0) is 42.2 Å². The smallest absolute Gasteiger partial charge is 0.410 e. The first-order valence-corrected chi connectivity index (χ1v) is 19.3. The second-order valence-electron chi connectivity index (χ2n) is 15.4. The molecular formula is C35H47FN6O8S. The first-order chi connectivity index (χ1) is 24.1. The number of benzene rings is 1. The van der Waals surface area contributed by atoms with Gasteiger partial charge in [-0.05, 0) is 70.9 Å². The van der Waals surface area contributed by atoms with E-state index in [1.54, 1.807) is 32.9 Å². The predicted octanol–water partition coefficient (Wildman–Crippen LogP) is 2.72. The number of rotatable bonds is 5. The number of fused-ring (bicyclic) bond motifs is 3. The van der Waals surface area contributed by atoms with Crippen LogP contribution in [0, 0.1) is 11.7 Å². The summed E-state index contributed by atoms with van der Waals surface area (Å²) in [6, 6.07) is 1.84. The summed E-state index contributed by atoms with van der Waals surface area (Å²) < 4.78 is 47.9. The van der Waals surface area contributed by atoms with E-state index < -0.39 is 86.1 Å². The molecule has 0 unspecified atom stereocenters. The SMILES string of the molecule is CC(C)(C)NC(=O)N[C@H]1CCCCC/C=C\[C@@H]2C[C@@]2(C(=O)NS(=O)(=O)C2CC2)NC(=O)[C@@H]2C[C@@H](OC(=O)N3Cc4cccc(F)c4C3)CN2C1=O. The van der Waals surface area contributed by atoms with Crippen molar-refractivity contribution >= 4 is 39.9 Å². The number of hydrogen-bond donors (Lipinski definition) is 4. The lowest BCUT2D eigenvalue weighted by Gasteiger charge is -2.30. The number of nitrogens with one attached hydrogen (secondary N) is 4. The summed E-state index contributed by atoms with van der Waals surface area (Å²) in [4.78, 5) is 71.0. The molecule has 14 nitrogen and oxygen atoms in total. The van der Waals surface area contributed by atoms with Crippen LogP contribution < -0.4 is 20.7 Å². The van der Waals surface area contributed by atoms with E-state index in [1.165, 1.54) is 15.9 Å². The van der Waals surface area contributed by atoms with Gasteiger partial charge in [0.25, 0.3) is 5.91 Å². The van der Waals surface area contributed by atoms with Gasteiger partial charge >= 0.3 is 12.1 Å². The van der Waals surface area contributed by atoms with Gasteiger partial charge in [0.2, 0.25) is 21.8 Å². The average Bonchev–Trinajstić information content (AvgIpc) is 3.93. The first-order valence-electron chi connectivity index (χ1n) is 17.7. The number of nitrogens with zero attached hydrogens (tertiary/aromatic N) is 2. The lowest BCUT2D eigenvalue weighted by Crippen LogP contribution is -2.59. The topological polar surface area (TPSA) is 183 Å². The molecule has 0 bridgehead atoms. The van der Waals surface area contributed by atoms with Crippen molar-refractivity contribution in [3.05, 3.63) is 47.3 Å². The normalized spacial score (nSPS) is 28.9. The van der Waals surface area contributed by atoms with Gasteiger partial charge in [-0.3, -0.25) is 24.0 Å². The molecule has 1 saturated heterocycles. The third-order valence-electron chi connectivity index (χ3n) is 10.1. The fourth-order valence-corrected chi connectivity index (χ4v) is 8.47. The van der Waals surface area contributed by atoms with Crippen molar-refractivity contribution in [3.63, 3.8) is 0 Å². The van der Waals surface area contributed by atoms with E-state index in [0.717, 1.165) is 12.8 Å². The van der Waals surface area contributed by atoms with Gasteiger partial charge < -0.3 is 25.6 Å². The van der Waals surface area contributed by atoms with Crippen LogP contribution in [0.25, 0.3) is 0 Å². The number of halogens is 1. The molecule has 6 amide bonds. The summed E-state index contributed by atoms with van der Waals surface area (Å²) in [5, 5.41) is 7.72. The highest BCUT2D eigenvalue weighted by atomic mass is 32.2. The van der Waals surface area contributed by atoms with Crippen LogP contribution in [-0.4, -0.2) is 89.1 Å². The second-order valence-corrected chi connectivity index (χ2v) is 17.4. The summed E-state index contributed by atoms with van der Waals surface area (Å²) in [5.74, 6) is -2.99. The molecule has 6 rings (SSSR count). The van der Waals surface area contributed by atoms with Crippen LogP contribution in [0.1, 0.15) is 89.7 Å². The molecule has 3 heterocycles. The highest BCUT2D eigenvalue weighted by molar-refractivity contribution is 7.91. The maximum atomic E-state index is 14.4. The number of sulfonamides is 1. The predicted molar refractivity (Wildman–Crippen MR) is 183 cm³/mol. The van der Waals surface area contributed by atoms with Crippen molar-refractivity contribution in [1.82, 2.24) is 30.5 Å². The Morgan fingerprint density at radius 3 is 2.53 bits per heavy atom. The van der Waals surface area contributed by atoms with Gasteiger partial charge in [0.1, 0.15) is 29.5 Å². The molecule has 3 aliphatic heterocycles. The number of ether oxygens (including phenoxy) is 1. The minimum absolute atomic E-state index is 0.00526. The van der Waals surface area contributed by atoms with Crippen LogP contribution in [0.15, 0.2) is 30.4 Å². The molecule has 4 N–H and O–H groups in total. The van der Waals surface area contributed by atoms with Crippen molar-refractivity contribution in [2.75, 3.05) is 6.54 Å². The largest absolute Gasteiger partial charge is 0.444 e. The van der Waals surface area contributed by atoms with Gasteiger partial charge in [0, 0.05) is 30.0 Å². The first kappa shape index (κ1) is 36.6. The van der Waals surface area contributed by atoms with Crippen LogP contribution in [0.4, 0.5) is 14.0 Å². The van der Waals surface area contributed by atoms with Crippen LogP contribution in [0.2, 0.25) is 0 Å². The molecule has 51 heavy (non-hydrogen) atoms. The van der Waals surface area contributed by atoms with Gasteiger partial charge in [0.05, 0.1) is 18.3 Å². The van der Waals surface area contributed by atoms with E-state index in [2.05, 4.69) is 20.7 Å². The zero-order valence-electron chi connectivity index (χ0n) is 29.2. The Kier molecular flexibility index (Phi) is 10.1. The third kappa shape index (κ3) is 8.31. The van der Waals surface area contributed by atoms with E-state index in [4.69, 9.17) is 4.74 Å². The molecule has 5 aliphatic rings. The maximum Gasteiger partial charge on any atom is 0.410 e. The van der Waals surface area contributed by atoms with Crippen LogP contribution in [0.5, 0.6) is 0 Å². The average molecular weight is 731 g/mol. The molecule has 1 aromatic carbocycles. The van der Waals surface area contributed by atoms with E-state index in [9.17, 15) is 36.8 Å². The van der Waals surface area contributed by atoms with Gasteiger partial charge in [-0.2, -0.15) is 0 Å². The highest BCUT2D eigenvalue weighted by Crippen LogP contribution is 2.46. The summed E-state index contributed by atoms with van der Waals surface area (Å²) in [5.41, 5.74) is -1.08. The van der Waals surface area contributed by atoms with Gasteiger partial charge in [-0.1, -0.05) is 37.1 Å². The molecule has 3 fully saturated rings. The minimum atomic E-state index is -3.91. The molecule has 5 atom stereocenters. The summed E-state index contributed by atoms with van der Waals surface area (Å²) in [6.07, 6.45) is 6.10. The molecule has 0 radical (unpaired) electrons. The van der Waals surface area contributed by atoms with Gasteiger partial charge in [-0.15, -0.1) is 0 Å². The zero-order chi connectivity index (χ0) is 36.7. The van der Waals surface area contributed by atoms with Crippen molar-refractivity contribution in [3.8, 4) is 0 Å². The fourth-order valence-electron chi connectivity index (χ4n) is 7.11. The zero-order valence-corrected chi connectivity index (χ0v) is 30.0. The molecule has 1 aromatic rings. The van der Waals surface area contributed by atoms with E-state index in [1.807, 2.05) is 12.2 Å². The van der Waals surface area contributed by atoms with Gasteiger partial charge in [0.15, 0.2) is 0 Å². The molecule has 0 aromatic heterocycles. The Hall–Kier alpha value is -4.21. The minimum Gasteiger partial charge on any atom is -0.444 e. The highest BCUT2D eigenvalue weighted by Gasteiger charge is 2.62. The quantitative estimate of drug-likeness (QED) is 0.334. The van der Waals surface area contributed by atoms with Crippen molar-refractivity contribution < 1.29 is 41.5 Å². The Balaban J connectivity index is 1.25. The van der Waals surface area contributed by atoms with Crippen LogP contribution >= 0.6 is 0 Å². The number of carbonyl (C=O) groups excluding carboxylic acids is 5. The maximum absolute atomic E-state index is 14.4. The molecular weight excluding hydrogens is 683 g/mol. The molecule has 278 valence electrons. The molecule has 16 heteroatoms. The second kappa shape index (κ2) is 14.1. The number of urea groups is 1. The monoisotopic (exact) mass is 730 g/mol. The third-order valence-corrected chi connectivity index (χ3v) is 11.9. The molecule has 2 aliphatic carbocycles. The van der Waals surface area contributed by atoms with Gasteiger partial charge in [-0.25, -0.2) is 22.4 Å². The summed E-state index contributed by atoms with van der Waals surface area (Å²) >= 11 is 0. The van der Waals surface area contributed by atoms with E-state index >= 15 is 0 Å². The van der Waals surface area contributed by atoms with E-state index in [0.29, 0.717) is 43.2 Å². The number of hydrogen-bond acceptors (Lipinski definition) is 8. The Morgan fingerprint density at radius 1 is 1.06 bits per heavy atom. The van der Waals surface area contributed by atoms with Crippen molar-refractivity contribution in [2.24, 2.45) is 5.92 Å². The van der Waals surface area contributed by atoms with E-state index in [-0.39, 0.29) is 32.5 Å². The lowest BCUT2D eigenvalue weighted by atomic mass is 10.0. The Bertz CT molecular complexity index is 1730. The fraction of sp³-hybridized carbons (Fsp3) is 0.629. The van der Waals surface area contributed by atoms with Crippen molar-refractivity contribution in [2.45, 2.75) is 126 Å².